The summed E-state index contributed by atoms with van der Waals surface area (Å²) in [6.07, 6.45) is 10.1. The quantitative estimate of drug-likeness (QED) is 0.754. The number of hydrogen-bond donors (Lipinski definition) is 2. The maximum absolute atomic E-state index is 11.9. The van der Waals surface area contributed by atoms with Gasteiger partial charge in [-0.1, -0.05) is 44.2 Å². The molecular weight excluding hydrogens is 324 g/mol. The van der Waals surface area contributed by atoms with Crippen molar-refractivity contribution >= 4 is 15.9 Å². The first-order valence-corrected chi connectivity index (χ1v) is 10.4. The summed E-state index contributed by atoms with van der Waals surface area (Å²) in [5, 5.41) is 7.99. The lowest BCUT2D eigenvalue weighted by molar-refractivity contribution is -0.121. The van der Waals surface area contributed by atoms with E-state index < -0.39 is 10.0 Å². The lowest BCUT2D eigenvalue weighted by Crippen LogP contribution is -2.25. The number of amides is 1. The molecule has 5 nitrogen and oxygen atoms in total. The van der Waals surface area contributed by atoms with Gasteiger partial charge in [-0.2, -0.15) is 0 Å². The largest absolute Gasteiger partial charge is 0.356 e. The maximum Gasteiger partial charge on any atom is 0.238 e. The molecule has 0 aliphatic heterocycles. The zero-order chi connectivity index (χ0) is 17.4. The highest BCUT2D eigenvalue weighted by molar-refractivity contribution is 7.89. The molecule has 1 aliphatic rings. The van der Waals surface area contributed by atoms with Gasteiger partial charge in [0.1, 0.15) is 0 Å². The molecule has 24 heavy (non-hydrogen) atoms. The fourth-order valence-electron chi connectivity index (χ4n) is 3.31. The second-order valence-corrected chi connectivity index (χ2v) is 8.25. The van der Waals surface area contributed by atoms with Crippen molar-refractivity contribution in [3.05, 3.63) is 29.8 Å². The Morgan fingerprint density at radius 1 is 1.12 bits per heavy atom. The number of benzene rings is 1. The summed E-state index contributed by atoms with van der Waals surface area (Å²) in [4.78, 5) is 12.0. The van der Waals surface area contributed by atoms with E-state index in [1.807, 2.05) is 0 Å². The van der Waals surface area contributed by atoms with E-state index in [0.717, 1.165) is 17.9 Å². The van der Waals surface area contributed by atoms with E-state index in [4.69, 9.17) is 5.14 Å². The van der Waals surface area contributed by atoms with Crippen molar-refractivity contribution in [3.8, 4) is 0 Å². The molecule has 1 amide bonds. The van der Waals surface area contributed by atoms with Crippen LogP contribution in [0.2, 0.25) is 0 Å². The van der Waals surface area contributed by atoms with Gasteiger partial charge in [-0.3, -0.25) is 4.79 Å². The molecule has 0 saturated heterocycles. The predicted octanol–water partition coefficient (Wildman–Crippen LogP) is 2.74. The molecule has 1 saturated carbocycles. The molecule has 1 fully saturated rings. The molecule has 1 aliphatic carbocycles. The third-order valence-electron chi connectivity index (χ3n) is 4.73. The van der Waals surface area contributed by atoms with Crippen molar-refractivity contribution in [2.24, 2.45) is 11.1 Å². The van der Waals surface area contributed by atoms with E-state index in [0.29, 0.717) is 19.4 Å². The summed E-state index contributed by atoms with van der Waals surface area (Å²) in [6.45, 7) is 0.566. The van der Waals surface area contributed by atoms with E-state index in [1.165, 1.54) is 50.7 Å². The first-order valence-electron chi connectivity index (χ1n) is 8.83. The number of primary sulfonamides is 1. The Morgan fingerprint density at radius 3 is 2.42 bits per heavy atom. The highest BCUT2D eigenvalue weighted by atomic mass is 32.2. The number of nitrogens with one attached hydrogen (secondary N) is 1. The fraction of sp³-hybridized carbons (Fsp3) is 0.611. The van der Waals surface area contributed by atoms with Crippen LogP contribution in [0.4, 0.5) is 0 Å². The molecule has 1 aromatic carbocycles. The van der Waals surface area contributed by atoms with Crippen molar-refractivity contribution in [3.63, 3.8) is 0 Å². The van der Waals surface area contributed by atoms with Crippen molar-refractivity contribution in [2.45, 2.75) is 62.7 Å². The summed E-state index contributed by atoms with van der Waals surface area (Å²) < 4.78 is 22.4. The lowest BCUT2D eigenvalue weighted by atomic mass is 9.86. The summed E-state index contributed by atoms with van der Waals surface area (Å²) in [6, 6.07) is 6.46. The Labute approximate surface area is 145 Å². The molecule has 0 radical (unpaired) electrons. The lowest BCUT2D eigenvalue weighted by Gasteiger charge is -2.21. The third-order valence-corrected chi connectivity index (χ3v) is 5.66. The SMILES string of the molecule is NS(=O)(=O)c1ccc(CCNC(=O)CCCC2CCCCC2)cc1. The van der Waals surface area contributed by atoms with Crippen molar-refractivity contribution in [1.29, 1.82) is 0 Å². The molecule has 134 valence electrons. The number of carbonyl (C=O) groups is 1. The second kappa shape index (κ2) is 9.18. The highest BCUT2D eigenvalue weighted by Gasteiger charge is 2.13. The molecule has 0 aromatic heterocycles. The van der Waals surface area contributed by atoms with Gasteiger partial charge in [0, 0.05) is 13.0 Å². The average Bonchev–Trinajstić information content (AvgIpc) is 2.55. The number of carbonyl (C=O) groups excluding carboxylic acids is 1. The zero-order valence-electron chi connectivity index (χ0n) is 14.2. The standard InChI is InChI=1S/C18H28N2O3S/c19-24(22,23)17-11-9-16(10-12-17)13-14-20-18(21)8-4-7-15-5-2-1-3-6-15/h9-12,15H,1-8,13-14H2,(H,20,21)(H2,19,22,23). The van der Waals surface area contributed by atoms with E-state index in [1.54, 1.807) is 12.1 Å². The first kappa shape index (κ1) is 18.9. The summed E-state index contributed by atoms with van der Waals surface area (Å²) in [7, 11) is -3.64. The summed E-state index contributed by atoms with van der Waals surface area (Å²) >= 11 is 0. The number of hydrogen-bond acceptors (Lipinski definition) is 3. The molecule has 3 N–H and O–H groups in total. The number of sulfonamides is 1. The van der Waals surface area contributed by atoms with Gasteiger partial charge < -0.3 is 5.32 Å². The molecule has 6 heteroatoms. The summed E-state index contributed by atoms with van der Waals surface area (Å²) in [5.74, 6) is 0.927. The molecule has 0 atom stereocenters. The van der Waals surface area contributed by atoms with Gasteiger partial charge in [-0.05, 0) is 42.9 Å². The molecule has 0 unspecified atom stereocenters. The minimum atomic E-state index is -3.64. The minimum Gasteiger partial charge on any atom is -0.356 e. The molecule has 0 spiro atoms. The normalized spacial score (nSPS) is 16.0. The van der Waals surface area contributed by atoms with Gasteiger partial charge >= 0.3 is 0 Å². The van der Waals surface area contributed by atoms with Crippen LogP contribution in [0.25, 0.3) is 0 Å². The Hall–Kier alpha value is -1.40. The van der Waals surface area contributed by atoms with Crippen LogP contribution in [0.3, 0.4) is 0 Å². The Kier molecular flexibility index (Phi) is 7.24. The monoisotopic (exact) mass is 352 g/mol. The third kappa shape index (κ3) is 6.61. The predicted molar refractivity (Wildman–Crippen MR) is 95.0 cm³/mol. The second-order valence-electron chi connectivity index (χ2n) is 6.69. The van der Waals surface area contributed by atoms with Crippen LogP contribution >= 0.6 is 0 Å². The molecule has 2 rings (SSSR count). The molecular formula is C18H28N2O3S. The van der Waals surface area contributed by atoms with Crippen molar-refractivity contribution < 1.29 is 13.2 Å². The fourth-order valence-corrected chi connectivity index (χ4v) is 3.82. The van der Waals surface area contributed by atoms with E-state index >= 15 is 0 Å². The Bertz CT molecular complexity index is 620. The van der Waals surface area contributed by atoms with E-state index in [-0.39, 0.29) is 10.8 Å². The van der Waals surface area contributed by atoms with E-state index in [9.17, 15) is 13.2 Å². The van der Waals surface area contributed by atoms with Crippen LogP contribution in [0, 0.1) is 5.92 Å². The average molecular weight is 353 g/mol. The van der Waals surface area contributed by atoms with Crippen LogP contribution in [-0.2, 0) is 21.2 Å². The molecule has 1 aromatic rings. The minimum absolute atomic E-state index is 0.104. The van der Waals surface area contributed by atoms with Crippen molar-refractivity contribution in [2.75, 3.05) is 6.54 Å². The summed E-state index contributed by atoms with van der Waals surface area (Å²) in [5.41, 5.74) is 0.977. The van der Waals surface area contributed by atoms with Crippen LogP contribution in [0.15, 0.2) is 29.2 Å². The van der Waals surface area contributed by atoms with Crippen LogP contribution in [0.5, 0.6) is 0 Å². The van der Waals surface area contributed by atoms with E-state index in [2.05, 4.69) is 5.32 Å². The van der Waals surface area contributed by atoms with Gasteiger partial charge in [0.2, 0.25) is 15.9 Å². The smallest absolute Gasteiger partial charge is 0.238 e. The van der Waals surface area contributed by atoms with Gasteiger partial charge in [0.15, 0.2) is 0 Å². The highest BCUT2D eigenvalue weighted by Crippen LogP contribution is 2.27. The Balaban J connectivity index is 1.61. The first-order chi connectivity index (χ1) is 11.4. The number of nitrogens with two attached hydrogens (primary N) is 1. The Morgan fingerprint density at radius 2 is 1.79 bits per heavy atom. The van der Waals surface area contributed by atoms with Gasteiger partial charge in [0.25, 0.3) is 0 Å². The van der Waals surface area contributed by atoms with Gasteiger partial charge in [-0.25, -0.2) is 13.6 Å². The van der Waals surface area contributed by atoms with Crippen molar-refractivity contribution in [1.82, 2.24) is 5.32 Å². The number of rotatable bonds is 8. The zero-order valence-corrected chi connectivity index (χ0v) is 15.0. The van der Waals surface area contributed by atoms with Crippen LogP contribution < -0.4 is 10.5 Å². The molecule has 0 heterocycles. The van der Waals surface area contributed by atoms with Crippen LogP contribution in [0.1, 0.15) is 56.9 Å². The molecule has 0 bridgehead atoms. The topological polar surface area (TPSA) is 89.3 Å². The van der Waals surface area contributed by atoms with Crippen LogP contribution in [-0.4, -0.2) is 20.9 Å². The maximum atomic E-state index is 11.9. The van der Waals surface area contributed by atoms with Gasteiger partial charge in [0.05, 0.1) is 4.90 Å². The van der Waals surface area contributed by atoms with Gasteiger partial charge in [-0.15, -0.1) is 0 Å².